The van der Waals surface area contributed by atoms with Crippen molar-refractivity contribution in [1.29, 1.82) is 0 Å². The van der Waals surface area contributed by atoms with Gasteiger partial charge < -0.3 is 5.73 Å². The van der Waals surface area contributed by atoms with Crippen LogP contribution < -0.4 is 5.73 Å². The molecule has 0 heterocycles. The molecule has 1 nitrogen and oxygen atoms in total. The number of nitrogens with two attached hydrogens (primary N) is 1. The van der Waals surface area contributed by atoms with Gasteiger partial charge in [-0.15, -0.1) is 0 Å². The molecule has 0 aliphatic heterocycles. The molecule has 0 radical (unpaired) electrons. The van der Waals surface area contributed by atoms with E-state index in [9.17, 15) is 8.78 Å². The highest BCUT2D eigenvalue weighted by Crippen LogP contribution is 2.20. The third kappa shape index (κ3) is 3.35. The summed E-state index contributed by atoms with van der Waals surface area (Å²) in [6.07, 6.45) is 0.125. The second-order valence-corrected chi connectivity index (χ2v) is 4.49. The highest BCUT2D eigenvalue weighted by atomic mass is 79.9. The molecule has 1 aromatic carbocycles. The molecule has 0 fully saturated rings. The molecule has 1 unspecified atom stereocenters. The van der Waals surface area contributed by atoms with Crippen molar-refractivity contribution in [2.45, 2.75) is 19.0 Å². The Balaban J connectivity index is 2.87. The first-order chi connectivity index (χ1) is 6.43. The maximum Gasteiger partial charge on any atom is 0.124 e. The van der Waals surface area contributed by atoms with E-state index < -0.39 is 5.67 Å². The first kappa shape index (κ1) is 11.6. The topological polar surface area (TPSA) is 26.0 Å². The summed E-state index contributed by atoms with van der Waals surface area (Å²) in [6, 6.07) is 4.34. The molecule has 0 saturated carbocycles. The van der Waals surface area contributed by atoms with Gasteiger partial charge in [-0.25, -0.2) is 8.78 Å². The van der Waals surface area contributed by atoms with E-state index in [1.807, 2.05) is 0 Å². The lowest BCUT2D eigenvalue weighted by molar-refractivity contribution is 0.200. The van der Waals surface area contributed by atoms with Crippen molar-refractivity contribution < 1.29 is 8.78 Å². The number of benzene rings is 1. The van der Waals surface area contributed by atoms with Crippen LogP contribution in [0.25, 0.3) is 0 Å². The summed E-state index contributed by atoms with van der Waals surface area (Å²) < 4.78 is 27.0. The minimum atomic E-state index is -1.48. The van der Waals surface area contributed by atoms with Crippen molar-refractivity contribution in [2.75, 3.05) is 6.54 Å². The van der Waals surface area contributed by atoms with Crippen molar-refractivity contribution in [3.63, 3.8) is 0 Å². The Morgan fingerprint density at radius 2 is 2.07 bits per heavy atom. The molecule has 0 aliphatic carbocycles. The van der Waals surface area contributed by atoms with Crippen LogP contribution in [0.1, 0.15) is 12.5 Å². The van der Waals surface area contributed by atoms with E-state index in [1.165, 1.54) is 19.1 Å². The minimum Gasteiger partial charge on any atom is -0.328 e. The third-order valence-electron chi connectivity index (χ3n) is 1.92. The standard InChI is InChI=1S/C10H12BrF2N/c1-10(13,6-14)5-7-2-8(11)4-9(12)3-7/h2-4H,5-6,14H2,1H3. The molecule has 0 spiro atoms. The van der Waals surface area contributed by atoms with Crippen LogP contribution in [0.3, 0.4) is 0 Å². The van der Waals surface area contributed by atoms with Crippen LogP contribution in [0.4, 0.5) is 8.78 Å². The zero-order valence-electron chi connectivity index (χ0n) is 7.86. The van der Waals surface area contributed by atoms with Gasteiger partial charge in [0.1, 0.15) is 11.5 Å². The fraction of sp³-hybridized carbons (Fsp3) is 0.400. The van der Waals surface area contributed by atoms with Crippen LogP contribution >= 0.6 is 15.9 Å². The average Bonchev–Trinajstić information content (AvgIpc) is 2.01. The fourth-order valence-corrected chi connectivity index (χ4v) is 1.72. The van der Waals surface area contributed by atoms with Gasteiger partial charge in [0.05, 0.1) is 0 Å². The monoisotopic (exact) mass is 263 g/mol. The molecule has 78 valence electrons. The zero-order valence-corrected chi connectivity index (χ0v) is 9.44. The Morgan fingerprint density at radius 3 is 2.57 bits per heavy atom. The van der Waals surface area contributed by atoms with Gasteiger partial charge >= 0.3 is 0 Å². The number of rotatable bonds is 3. The predicted octanol–water partition coefficient (Wildman–Crippen LogP) is 2.82. The lowest BCUT2D eigenvalue weighted by Crippen LogP contribution is -2.31. The SMILES string of the molecule is CC(F)(CN)Cc1cc(F)cc(Br)c1. The van der Waals surface area contributed by atoms with E-state index in [0.29, 0.717) is 10.0 Å². The number of alkyl halides is 1. The Labute approximate surface area is 90.4 Å². The van der Waals surface area contributed by atoms with Gasteiger partial charge in [0.2, 0.25) is 0 Å². The smallest absolute Gasteiger partial charge is 0.124 e. The normalized spacial score (nSPS) is 15.2. The molecule has 0 bridgehead atoms. The van der Waals surface area contributed by atoms with Gasteiger partial charge in [0.25, 0.3) is 0 Å². The van der Waals surface area contributed by atoms with Crippen LogP contribution in [-0.4, -0.2) is 12.2 Å². The number of hydrogen-bond acceptors (Lipinski definition) is 1. The van der Waals surface area contributed by atoms with E-state index in [1.54, 1.807) is 6.07 Å². The molecule has 1 atom stereocenters. The van der Waals surface area contributed by atoms with E-state index in [-0.39, 0.29) is 18.8 Å². The summed E-state index contributed by atoms with van der Waals surface area (Å²) in [4.78, 5) is 0. The van der Waals surface area contributed by atoms with Crippen molar-refractivity contribution in [3.05, 3.63) is 34.1 Å². The van der Waals surface area contributed by atoms with Gasteiger partial charge in [0, 0.05) is 17.4 Å². The maximum absolute atomic E-state index is 13.5. The Hall–Kier alpha value is -0.480. The number of hydrogen-bond donors (Lipinski definition) is 1. The molecule has 0 amide bonds. The maximum atomic E-state index is 13.5. The van der Waals surface area contributed by atoms with Crippen molar-refractivity contribution in [3.8, 4) is 0 Å². The summed E-state index contributed by atoms with van der Waals surface area (Å²) in [5.74, 6) is -0.373. The van der Waals surface area contributed by atoms with Crippen LogP contribution in [0, 0.1) is 5.82 Å². The van der Waals surface area contributed by atoms with Gasteiger partial charge in [-0.3, -0.25) is 0 Å². The van der Waals surface area contributed by atoms with E-state index in [0.717, 1.165) is 0 Å². The Bertz CT molecular complexity index is 306. The third-order valence-corrected chi connectivity index (χ3v) is 2.38. The lowest BCUT2D eigenvalue weighted by atomic mass is 9.98. The highest BCUT2D eigenvalue weighted by molar-refractivity contribution is 9.10. The Kier molecular flexibility index (Phi) is 3.61. The summed E-state index contributed by atoms with van der Waals surface area (Å²) in [5.41, 5.74) is 4.37. The molecule has 0 aliphatic rings. The second-order valence-electron chi connectivity index (χ2n) is 3.57. The van der Waals surface area contributed by atoms with Crippen LogP contribution in [0.2, 0.25) is 0 Å². The zero-order chi connectivity index (χ0) is 10.8. The highest BCUT2D eigenvalue weighted by Gasteiger charge is 2.21. The van der Waals surface area contributed by atoms with Crippen LogP contribution in [-0.2, 0) is 6.42 Å². The average molecular weight is 264 g/mol. The van der Waals surface area contributed by atoms with Crippen molar-refractivity contribution >= 4 is 15.9 Å². The summed E-state index contributed by atoms with van der Waals surface area (Å²) in [6.45, 7) is 1.34. The molecule has 4 heteroatoms. The fourth-order valence-electron chi connectivity index (χ4n) is 1.21. The molecule has 0 aromatic heterocycles. The summed E-state index contributed by atoms with van der Waals surface area (Å²) in [5, 5.41) is 0. The molecular weight excluding hydrogens is 252 g/mol. The molecule has 14 heavy (non-hydrogen) atoms. The molecule has 2 N–H and O–H groups in total. The molecule has 1 rings (SSSR count). The second kappa shape index (κ2) is 4.36. The predicted molar refractivity (Wildman–Crippen MR) is 56.4 cm³/mol. The first-order valence-electron chi connectivity index (χ1n) is 4.27. The number of halogens is 3. The summed E-state index contributed by atoms with van der Waals surface area (Å²) in [7, 11) is 0. The quantitative estimate of drug-likeness (QED) is 0.892. The lowest BCUT2D eigenvalue weighted by Gasteiger charge is -2.17. The van der Waals surface area contributed by atoms with Crippen LogP contribution in [0.15, 0.2) is 22.7 Å². The van der Waals surface area contributed by atoms with E-state index in [2.05, 4.69) is 15.9 Å². The largest absolute Gasteiger partial charge is 0.328 e. The van der Waals surface area contributed by atoms with Gasteiger partial charge in [0.15, 0.2) is 0 Å². The van der Waals surface area contributed by atoms with Gasteiger partial charge in [-0.1, -0.05) is 15.9 Å². The van der Waals surface area contributed by atoms with Crippen molar-refractivity contribution in [2.24, 2.45) is 5.73 Å². The van der Waals surface area contributed by atoms with E-state index >= 15 is 0 Å². The van der Waals surface area contributed by atoms with Crippen LogP contribution in [0.5, 0.6) is 0 Å². The molecular formula is C10H12BrF2N. The summed E-state index contributed by atoms with van der Waals surface area (Å²) >= 11 is 3.15. The molecule has 1 aromatic rings. The van der Waals surface area contributed by atoms with Gasteiger partial charge in [-0.05, 0) is 30.7 Å². The van der Waals surface area contributed by atoms with E-state index in [4.69, 9.17) is 5.73 Å². The van der Waals surface area contributed by atoms with Gasteiger partial charge in [-0.2, -0.15) is 0 Å². The van der Waals surface area contributed by atoms with Crippen molar-refractivity contribution in [1.82, 2.24) is 0 Å². The minimum absolute atomic E-state index is 0.0683. The first-order valence-corrected chi connectivity index (χ1v) is 5.06. The molecule has 0 saturated heterocycles. The Morgan fingerprint density at radius 1 is 1.43 bits per heavy atom.